The van der Waals surface area contributed by atoms with Crippen molar-refractivity contribution in [2.75, 3.05) is 0 Å². The van der Waals surface area contributed by atoms with Gasteiger partial charge in [-0.1, -0.05) is 95.2 Å². The van der Waals surface area contributed by atoms with E-state index in [0.29, 0.717) is 24.8 Å². The van der Waals surface area contributed by atoms with Crippen LogP contribution in [-0.2, 0) is 0 Å². The van der Waals surface area contributed by atoms with E-state index < -0.39 is 0 Å². The molecular weight excluding hydrogens is 373 g/mol. The minimum absolute atomic E-state index is 0.591. The molecule has 0 heterocycles. The Morgan fingerprint density at radius 3 is 2.19 bits per heavy atom. The smallest absolute Gasteiger partial charge is 0.231 e. The highest BCUT2D eigenvalue weighted by molar-refractivity contribution is 6.60. The van der Waals surface area contributed by atoms with Crippen LogP contribution in [0, 0.1) is 29.6 Å². The van der Waals surface area contributed by atoms with Crippen molar-refractivity contribution < 1.29 is 0 Å². The van der Waals surface area contributed by atoms with Gasteiger partial charge in [-0.3, -0.25) is 0 Å². The molecule has 2 heteroatoms. The predicted octanol–water partition coefficient (Wildman–Crippen LogP) is 7.72. The van der Waals surface area contributed by atoms with Crippen LogP contribution in [0.2, 0.25) is 11.6 Å². The first-order chi connectivity index (χ1) is 15.0. The van der Waals surface area contributed by atoms with Crippen LogP contribution in [0.15, 0.2) is 61.3 Å². The summed E-state index contributed by atoms with van der Waals surface area (Å²) in [5.74, 6) is 5.34. The minimum Gasteiger partial charge on any atom is -0.337 e. The van der Waals surface area contributed by atoms with Gasteiger partial charge in [0.25, 0.3) is 0 Å². The Balaban J connectivity index is 1.66. The summed E-state index contributed by atoms with van der Waals surface area (Å²) in [7, 11) is 0. The first-order valence-corrected chi connectivity index (χ1v) is 13.1. The standard InChI is InChI=1S/C29H44BN/c1-6-7-8-14-24-20-29(27-17-12-11-15-25(24)27)30(31(21(2)3)22(4)5)28-19-18-23-13-9-10-16-26(23)28/h6,9-13,15-17,21-29H,1,7-8,14,18-20H2,2-5H3. The van der Waals surface area contributed by atoms with Crippen LogP contribution in [0.4, 0.5) is 0 Å². The van der Waals surface area contributed by atoms with Crippen molar-refractivity contribution in [3.8, 4) is 0 Å². The van der Waals surface area contributed by atoms with E-state index in [1.165, 1.54) is 32.1 Å². The van der Waals surface area contributed by atoms with Gasteiger partial charge in [0.05, 0.1) is 0 Å². The molecule has 7 unspecified atom stereocenters. The Kier molecular flexibility index (Phi) is 7.47. The van der Waals surface area contributed by atoms with Gasteiger partial charge in [0.1, 0.15) is 0 Å². The van der Waals surface area contributed by atoms with E-state index in [1.54, 1.807) is 0 Å². The largest absolute Gasteiger partial charge is 0.337 e. The van der Waals surface area contributed by atoms with Crippen LogP contribution in [0.25, 0.3) is 0 Å². The first-order valence-electron chi connectivity index (χ1n) is 13.1. The third kappa shape index (κ3) is 4.61. The fourth-order valence-electron chi connectivity index (χ4n) is 7.85. The molecule has 168 valence electrons. The second-order valence-corrected chi connectivity index (χ2v) is 11.2. The van der Waals surface area contributed by atoms with Crippen molar-refractivity contribution in [3.05, 3.63) is 61.3 Å². The van der Waals surface area contributed by atoms with Crippen molar-refractivity contribution >= 4 is 6.85 Å². The fraction of sp³-hybridized carbons (Fsp3) is 0.655. The van der Waals surface area contributed by atoms with Gasteiger partial charge in [-0.05, 0) is 79.0 Å². The number of unbranched alkanes of at least 4 members (excludes halogenated alkanes) is 1. The van der Waals surface area contributed by atoms with Crippen LogP contribution in [0.5, 0.6) is 0 Å². The van der Waals surface area contributed by atoms with Gasteiger partial charge in [0, 0.05) is 0 Å². The Bertz CT molecular complexity index is 721. The van der Waals surface area contributed by atoms with Crippen LogP contribution in [-0.4, -0.2) is 23.7 Å². The van der Waals surface area contributed by atoms with Gasteiger partial charge in [-0.15, -0.1) is 6.58 Å². The zero-order valence-electron chi connectivity index (χ0n) is 20.4. The fourth-order valence-corrected chi connectivity index (χ4v) is 7.85. The number of rotatable bonds is 9. The summed E-state index contributed by atoms with van der Waals surface area (Å²) in [5.41, 5.74) is 0. The highest BCUT2D eigenvalue weighted by Gasteiger charge is 2.53. The molecular formula is C29H44BN. The zero-order chi connectivity index (χ0) is 22.0. The van der Waals surface area contributed by atoms with E-state index >= 15 is 0 Å². The van der Waals surface area contributed by atoms with Crippen LogP contribution < -0.4 is 0 Å². The normalized spacial score (nSPS) is 35.9. The number of hydrogen-bond acceptors (Lipinski definition) is 1. The molecule has 31 heavy (non-hydrogen) atoms. The highest BCUT2D eigenvalue weighted by atomic mass is 15.1. The molecule has 0 bridgehead atoms. The summed E-state index contributed by atoms with van der Waals surface area (Å²) in [6.07, 6.45) is 29.5. The summed E-state index contributed by atoms with van der Waals surface area (Å²) in [6.45, 7) is 14.4. The van der Waals surface area contributed by atoms with E-state index in [9.17, 15) is 0 Å². The number of allylic oxidation sites excluding steroid dienone is 9. The SMILES string of the molecule is C=CCCCC1CC(B(C2CCC3C=CC=CC32)N(C(C)C)C(C)C)C2C=CC=CC12. The molecule has 4 rings (SSSR count). The Morgan fingerprint density at radius 1 is 0.871 bits per heavy atom. The third-order valence-electron chi connectivity index (χ3n) is 8.86. The maximum Gasteiger partial charge on any atom is 0.231 e. The Labute approximate surface area is 192 Å². The molecule has 0 aliphatic heterocycles. The molecule has 0 amide bonds. The molecule has 0 saturated heterocycles. The second kappa shape index (κ2) is 10.1. The van der Waals surface area contributed by atoms with Crippen molar-refractivity contribution in [1.82, 2.24) is 4.81 Å². The van der Waals surface area contributed by atoms with E-state index in [2.05, 4.69) is 93.8 Å². The zero-order valence-corrected chi connectivity index (χ0v) is 20.4. The molecule has 4 aliphatic carbocycles. The quantitative estimate of drug-likeness (QED) is 0.211. The summed E-state index contributed by atoms with van der Waals surface area (Å²) in [6, 6.07) is 1.18. The maximum absolute atomic E-state index is 3.96. The van der Waals surface area contributed by atoms with E-state index in [1.807, 2.05) is 0 Å². The number of nitrogens with zero attached hydrogens (tertiary/aromatic N) is 1. The molecule has 0 aromatic rings. The van der Waals surface area contributed by atoms with E-state index in [-0.39, 0.29) is 0 Å². The van der Waals surface area contributed by atoms with Crippen LogP contribution >= 0.6 is 0 Å². The van der Waals surface area contributed by atoms with Crippen molar-refractivity contribution in [2.45, 2.75) is 89.9 Å². The molecule has 4 aliphatic rings. The topological polar surface area (TPSA) is 3.24 Å². The molecule has 1 nitrogen and oxygen atoms in total. The van der Waals surface area contributed by atoms with Crippen molar-refractivity contribution in [1.29, 1.82) is 0 Å². The summed E-state index contributed by atoms with van der Waals surface area (Å²) in [5, 5.41) is 0. The molecule has 0 radical (unpaired) electrons. The predicted molar refractivity (Wildman–Crippen MR) is 137 cm³/mol. The molecule has 0 spiro atoms. The number of hydrogen-bond donors (Lipinski definition) is 0. The number of fused-ring (bicyclic) bond motifs is 2. The van der Waals surface area contributed by atoms with E-state index in [4.69, 9.17) is 0 Å². The average Bonchev–Trinajstić information content (AvgIpc) is 3.34. The highest BCUT2D eigenvalue weighted by Crippen LogP contribution is 2.57. The summed E-state index contributed by atoms with van der Waals surface area (Å²) < 4.78 is 0. The maximum atomic E-state index is 3.96. The van der Waals surface area contributed by atoms with Gasteiger partial charge >= 0.3 is 0 Å². The van der Waals surface area contributed by atoms with Crippen LogP contribution in [0.3, 0.4) is 0 Å². The lowest BCUT2D eigenvalue weighted by Gasteiger charge is -2.45. The molecule has 2 saturated carbocycles. The average molecular weight is 417 g/mol. The molecule has 0 N–H and O–H groups in total. The van der Waals surface area contributed by atoms with Gasteiger partial charge in [0.2, 0.25) is 6.85 Å². The summed E-state index contributed by atoms with van der Waals surface area (Å²) >= 11 is 0. The monoisotopic (exact) mass is 417 g/mol. The van der Waals surface area contributed by atoms with Crippen LogP contribution in [0.1, 0.15) is 66.2 Å². The van der Waals surface area contributed by atoms with Gasteiger partial charge < -0.3 is 4.81 Å². The third-order valence-corrected chi connectivity index (χ3v) is 8.86. The Hall–Kier alpha value is -1.28. The molecule has 0 aromatic heterocycles. The molecule has 7 atom stereocenters. The lowest BCUT2D eigenvalue weighted by Crippen LogP contribution is -2.54. The van der Waals surface area contributed by atoms with Gasteiger partial charge in [0.15, 0.2) is 0 Å². The Morgan fingerprint density at radius 2 is 1.52 bits per heavy atom. The first kappa shape index (κ1) is 22.9. The van der Waals surface area contributed by atoms with E-state index in [0.717, 1.165) is 41.7 Å². The van der Waals surface area contributed by atoms with Gasteiger partial charge in [-0.2, -0.15) is 0 Å². The minimum atomic E-state index is 0.591. The van der Waals surface area contributed by atoms with Crippen molar-refractivity contribution in [3.63, 3.8) is 0 Å². The summed E-state index contributed by atoms with van der Waals surface area (Å²) in [4.78, 5) is 2.92. The lowest BCUT2D eigenvalue weighted by atomic mass is 9.36. The molecule has 2 fully saturated rings. The van der Waals surface area contributed by atoms with Crippen molar-refractivity contribution in [2.24, 2.45) is 29.6 Å². The molecule has 0 aromatic carbocycles. The second-order valence-electron chi connectivity index (χ2n) is 11.2. The lowest BCUT2D eigenvalue weighted by molar-refractivity contribution is 0.283. The van der Waals surface area contributed by atoms with Gasteiger partial charge in [-0.25, -0.2) is 0 Å².